The van der Waals surface area contributed by atoms with Crippen LogP contribution in [-0.4, -0.2) is 74.9 Å². The Balaban J connectivity index is 1.41. The summed E-state index contributed by atoms with van der Waals surface area (Å²) in [6.45, 7) is 8.61. The van der Waals surface area contributed by atoms with E-state index in [2.05, 4.69) is 32.2 Å². The van der Waals surface area contributed by atoms with Crippen LogP contribution in [-0.2, 0) is 11.3 Å². The highest BCUT2D eigenvalue weighted by atomic mass is 16.5. The van der Waals surface area contributed by atoms with Gasteiger partial charge in [-0.15, -0.1) is 5.10 Å². The van der Waals surface area contributed by atoms with E-state index < -0.39 is 0 Å². The minimum Gasteiger partial charge on any atom is -0.376 e. The van der Waals surface area contributed by atoms with E-state index in [1.807, 2.05) is 4.68 Å². The van der Waals surface area contributed by atoms with Crippen LogP contribution in [0.3, 0.4) is 0 Å². The lowest BCUT2D eigenvalue weighted by molar-refractivity contribution is 0.0585. The van der Waals surface area contributed by atoms with Crippen molar-refractivity contribution in [3.63, 3.8) is 0 Å². The molecule has 152 valence electrons. The largest absolute Gasteiger partial charge is 0.376 e. The number of aromatic nitrogens is 4. The molecule has 0 aromatic carbocycles. The molecule has 2 aliphatic heterocycles. The van der Waals surface area contributed by atoms with Crippen molar-refractivity contribution in [1.29, 1.82) is 0 Å². The van der Waals surface area contributed by atoms with E-state index in [0.717, 1.165) is 57.4 Å². The zero-order chi connectivity index (χ0) is 18.5. The predicted molar refractivity (Wildman–Crippen MR) is 104 cm³/mol. The second-order valence-corrected chi connectivity index (χ2v) is 8.52. The van der Waals surface area contributed by atoms with E-state index in [-0.39, 0.29) is 6.10 Å². The third-order valence-corrected chi connectivity index (χ3v) is 6.72. The number of piperazine rings is 1. The van der Waals surface area contributed by atoms with Gasteiger partial charge in [-0.1, -0.05) is 32.6 Å². The fourth-order valence-corrected chi connectivity index (χ4v) is 5.12. The van der Waals surface area contributed by atoms with Gasteiger partial charge < -0.3 is 4.74 Å². The summed E-state index contributed by atoms with van der Waals surface area (Å²) < 4.78 is 7.85. The molecule has 3 aliphatic rings. The quantitative estimate of drug-likeness (QED) is 0.695. The maximum Gasteiger partial charge on any atom is 0.168 e. The SMILES string of the molecule is CCCC[C@@H](c1nnnn1C[C@@H]1CCCO1)N1CCN(C2CCCC2)CC1. The number of hydrogen-bond acceptors (Lipinski definition) is 6. The summed E-state index contributed by atoms with van der Waals surface area (Å²) in [6.07, 6.45) is 11.8. The molecule has 1 aromatic rings. The number of ether oxygens (including phenoxy) is 1. The molecule has 3 fully saturated rings. The average molecular weight is 377 g/mol. The second kappa shape index (κ2) is 9.43. The first-order chi connectivity index (χ1) is 13.3. The van der Waals surface area contributed by atoms with Crippen molar-refractivity contribution in [1.82, 2.24) is 30.0 Å². The van der Waals surface area contributed by atoms with Gasteiger partial charge in [0.25, 0.3) is 0 Å². The lowest BCUT2D eigenvalue weighted by atomic mass is 10.1. The van der Waals surface area contributed by atoms with E-state index in [1.54, 1.807) is 0 Å². The van der Waals surface area contributed by atoms with E-state index in [9.17, 15) is 0 Å². The molecule has 7 heteroatoms. The third-order valence-electron chi connectivity index (χ3n) is 6.72. The van der Waals surface area contributed by atoms with E-state index in [4.69, 9.17) is 4.74 Å². The molecule has 2 atom stereocenters. The third kappa shape index (κ3) is 4.69. The van der Waals surface area contributed by atoms with Crippen LogP contribution < -0.4 is 0 Å². The normalized spacial score (nSPS) is 26.8. The number of hydrogen-bond donors (Lipinski definition) is 0. The van der Waals surface area contributed by atoms with Crippen LogP contribution in [0.5, 0.6) is 0 Å². The van der Waals surface area contributed by atoms with Gasteiger partial charge in [0.2, 0.25) is 0 Å². The first kappa shape index (κ1) is 19.3. The molecule has 1 saturated carbocycles. The van der Waals surface area contributed by atoms with Gasteiger partial charge in [0.05, 0.1) is 18.7 Å². The minimum absolute atomic E-state index is 0.276. The van der Waals surface area contributed by atoms with Crippen LogP contribution in [0, 0.1) is 0 Å². The summed E-state index contributed by atoms with van der Waals surface area (Å²) >= 11 is 0. The zero-order valence-electron chi connectivity index (χ0n) is 16.9. The van der Waals surface area contributed by atoms with Crippen LogP contribution in [0.4, 0.5) is 0 Å². The van der Waals surface area contributed by atoms with Gasteiger partial charge >= 0.3 is 0 Å². The topological polar surface area (TPSA) is 59.3 Å². The Morgan fingerprint density at radius 1 is 1.07 bits per heavy atom. The molecule has 0 bridgehead atoms. The molecular weight excluding hydrogens is 340 g/mol. The first-order valence-corrected chi connectivity index (χ1v) is 11.2. The lowest BCUT2D eigenvalue weighted by Gasteiger charge is -2.41. The lowest BCUT2D eigenvalue weighted by Crippen LogP contribution is -2.50. The van der Waals surface area contributed by atoms with E-state index >= 15 is 0 Å². The molecule has 4 rings (SSSR count). The van der Waals surface area contributed by atoms with Crippen molar-refractivity contribution in [2.75, 3.05) is 32.8 Å². The zero-order valence-corrected chi connectivity index (χ0v) is 16.9. The van der Waals surface area contributed by atoms with Gasteiger partial charge in [0.15, 0.2) is 5.82 Å². The van der Waals surface area contributed by atoms with Crippen molar-refractivity contribution in [2.45, 2.75) is 89.4 Å². The molecule has 0 spiro atoms. The van der Waals surface area contributed by atoms with Gasteiger partial charge in [0, 0.05) is 38.8 Å². The molecule has 27 heavy (non-hydrogen) atoms. The van der Waals surface area contributed by atoms with Gasteiger partial charge in [-0.05, 0) is 42.5 Å². The van der Waals surface area contributed by atoms with Gasteiger partial charge in [-0.25, -0.2) is 4.68 Å². The Labute approximate surface area is 163 Å². The number of rotatable bonds is 8. The van der Waals surface area contributed by atoms with Crippen molar-refractivity contribution >= 4 is 0 Å². The van der Waals surface area contributed by atoms with Crippen LogP contribution in [0.25, 0.3) is 0 Å². The van der Waals surface area contributed by atoms with Crippen LogP contribution in [0.1, 0.15) is 76.6 Å². The summed E-state index contributed by atoms with van der Waals surface area (Å²) in [4.78, 5) is 5.37. The Morgan fingerprint density at radius 2 is 1.89 bits per heavy atom. The number of unbranched alkanes of at least 4 members (excludes halogenated alkanes) is 1. The molecule has 2 saturated heterocycles. The predicted octanol–water partition coefficient (Wildman–Crippen LogP) is 2.64. The molecular formula is C20H36N6O. The van der Waals surface area contributed by atoms with Crippen molar-refractivity contribution in [3.8, 4) is 0 Å². The molecule has 3 heterocycles. The fourth-order valence-electron chi connectivity index (χ4n) is 5.12. The summed E-state index contributed by atoms with van der Waals surface area (Å²) in [7, 11) is 0. The Kier molecular flexibility index (Phi) is 6.73. The summed E-state index contributed by atoms with van der Waals surface area (Å²) in [5.41, 5.74) is 0. The Hall–Kier alpha value is -1.05. The standard InChI is InChI=1S/C20H36N6O/c1-2-3-10-19(20-21-22-23-26(20)16-18-9-6-15-27-18)25-13-11-24(12-14-25)17-7-4-5-8-17/h17-19H,2-16H2,1H3/t18-,19-/m0/s1. The first-order valence-electron chi connectivity index (χ1n) is 11.2. The average Bonchev–Trinajstić information content (AvgIpc) is 3.47. The Morgan fingerprint density at radius 3 is 2.59 bits per heavy atom. The van der Waals surface area contributed by atoms with Crippen molar-refractivity contribution < 1.29 is 4.74 Å². The highest BCUT2D eigenvalue weighted by Crippen LogP contribution is 2.29. The molecule has 1 aromatic heterocycles. The van der Waals surface area contributed by atoms with Gasteiger partial charge in [-0.2, -0.15) is 0 Å². The van der Waals surface area contributed by atoms with Gasteiger partial charge in [-0.3, -0.25) is 9.80 Å². The molecule has 0 radical (unpaired) electrons. The number of tetrazole rings is 1. The van der Waals surface area contributed by atoms with Crippen molar-refractivity contribution in [2.24, 2.45) is 0 Å². The number of nitrogens with zero attached hydrogens (tertiary/aromatic N) is 6. The minimum atomic E-state index is 0.276. The van der Waals surface area contributed by atoms with Crippen LogP contribution in [0.15, 0.2) is 0 Å². The molecule has 0 N–H and O–H groups in total. The summed E-state index contributed by atoms with van der Waals surface area (Å²) in [5, 5.41) is 12.8. The second-order valence-electron chi connectivity index (χ2n) is 8.52. The summed E-state index contributed by atoms with van der Waals surface area (Å²) in [6, 6.07) is 1.18. The van der Waals surface area contributed by atoms with Crippen molar-refractivity contribution in [3.05, 3.63) is 5.82 Å². The monoisotopic (exact) mass is 376 g/mol. The molecule has 0 unspecified atom stereocenters. The maximum absolute atomic E-state index is 5.82. The van der Waals surface area contributed by atoms with Crippen LogP contribution in [0.2, 0.25) is 0 Å². The summed E-state index contributed by atoms with van der Waals surface area (Å²) in [5.74, 6) is 1.05. The van der Waals surface area contributed by atoms with Crippen LogP contribution >= 0.6 is 0 Å². The highest BCUT2D eigenvalue weighted by Gasteiger charge is 2.32. The molecule has 7 nitrogen and oxygen atoms in total. The maximum atomic E-state index is 5.82. The molecule has 0 amide bonds. The van der Waals surface area contributed by atoms with E-state index in [1.165, 1.54) is 51.6 Å². The smallest absolute Gasteiger partial charge is 0.168 e. The van der Waals surface area contributed by atoms with E-state index in [0.29, 0.717) is 6.04 Å². The van der Waals surface area contributed by atoms with Gasteiger partial charge in [0.1, 0.15) is 0 Å². The Bertz CT molecular complexity index is 559. The highest BCUT2D eigenvalue weighted by molar-refractivity contribution is 4.96. The molecule has 1 aliphatic carbocycles. The fraction of sp³-hybridized carbons (Fsp3) is 0.950.